The summed E-state index contributed by atoms with van der Waals surface area (Å²) in [5.74, 6) is -1.28. The summed E-state index contributed by atoms with van der Waals surface area (Å²) >= 11 is 0. The molecule has 0 aromatic heterocycles. The number of carbonyl (C=O) groups is 3. The Morgan fingerprint density at radius 2 is 1.70 bits per heavy atom. The van der Waals surface area contributed by atoms with Crippen molar-refractivity contribution in [2.24, 2.45) is 5.92 Å². The summed E-state index contributed by atoms with van der Waals surface area (Å²) in [5, 5.41) is 17.1. The first-order chi connectivity index (χ1) is 14.4. The quantitative estimate of drug-likeness (QED) is 0.472. The molecule has 3 amide bonds. The molecule has 0 aliphatic rings. The average Bonchev–Trinajstić information content (AvgIpc) is 2.73. The Labute approximate surface area is 175 Å². The van der Waals surface area contributed by atoms with Crippen LogP contribution in [0.4, 0.5) is 16.2 Å². The molecule has 0 saturated carbocycles. The molecule has 0 atom stereocenters. The molecule has 30 heavy (non-hydrogen) atoms. The molecule has 8 heteroatoms. The number of anilines is 2. The molecule has 0 unspecified atom stereocenters. The number of benzene rings is 2. The van der Waals surface area contributed by atoms with Crippen LogP contribution in [-0.2, 0) is 16.1 Å². The minimum absolute atomic E-state index is 0.178. The van der Waals surface area contributed by atoms with Gasteiger partial charge in [-0.1, -0.05) is 44.2 Å². The minimum atomic E-state index is -1.13. The highest BCUT2D eigenvalue weighted by molar-refractivity contribution is 5.96. The van der Waals surface area contributed by atoms with E-state index in [1.54, 1.807) is 12.1 Å². The van der Waals surface area contributed by atoms with Gasteiger partial charge >= 0.3 is 12.0 Å². The zero-order valence-electron chi connectivity index (χ0n) is 17.1. The van der Waals surface area contributed by atoms with Crippen molar-refractivity contribution in [3.63, 3.8) is 0 Å². The van der Waals surface area contributed by atoms with Gasteiger partial charge in [0.25, 0.3) is 0 Å². The number of rotatable bonds is 10. The zero-order valence-corrected chi connectivity index (χ0v) is 17.1. The molecule has 2 aromatic carbocycles. The second-order valence-corrected chi connectivity index (χ2v) is 6.69. The smallest absolute Gasteiger partial charge is 0.341 e. The van der Waals surface area contributed by atoms with Crippen LogP contribution in [0.1, 0.15) is 32.3 Å². The Hall–Kier alpha value is -3.55. The van der Waals surface area contributed by atoms with E-state index >= 15 is 0 Å². The number of aliphatic carboxylic acids is 1. The van der Waals surface area contributed by atoms with E-state index in [-0.39, 0.29) is 17.6 Å². The minimum Gasteiger partial charge on any atom is -0.480 e. The topological polar surface area (TPSA) is 117 Å². The number of hydrogen-bond acceptors (Lipinski definition) is 4. The number of amides is 3. The highest BCUT2D eigenvalue weighted by atomic mass is 16.5. The summed E-state index contributed by atoms with van der Waals surface area (Å²) in [6, 6.07) is 13.7. The fraction of sp³-hybridized carbons (Fsp3) is 0.318. The van der Waals surface area contributed by atoms with Crippen molar-refractivity contribution in [2.75, 3.05) is 17.2 Å². The number of carboxylic acids is 1. The van der Waals surface area contributed by atoms with Crippen LogP contribution in [0.15, 0.2) is 48.5 Å². The van der Waals surface area contributed by atoms with E-state index in [9.17, 15) is 14.4 Å². The van der Waals surface area contributed by atoms with Gasteiger partial charge in [-0.15, -0.1) is 0 Å². The van der Waals surface area contributed by atoms with Crippen molar-refractivity contribution in [2.45, 2.75) is 33.2 Å². The van der Waals surface area contributed by atoms with Gasteiger partial charge in [-0.25, -0.2) is 9.59 Å². The second kappa shape index (κ2) is 11.5. The standard InChI is InChI=1S/C22H27N3O5/c1-3-16(4-2)21(28)25-18-12-17(10-11-19(18)30-14-20(26)27)24-22(29)23-13-15-8-6-5-7-9-15/h5-12,16H,3-4,13-14H2,1-2H3,(H,25,28)(H,26,27)(H2,23,24,29). The van der Waals surface area contributed by atoms with Crippen LogP contribution in [0, 0.1) is 5.92 Å². The number of ether oxygens (including phenoxy) is 1. The molecule has 0 aliphatic carbocycles. The SMILES string of the molecule is CCC(CC)C(=O)Nc1cc(NC(=O)NCc2ccccc2)ccc1OCC(=O)O. The molecular weight excluding hydrogens is 386 g/mol. The number of carbonyl (C=O) groups excluding carboxylic acids is 2. The molecule has 160 valence electrons. The van der Waals surface area contributed by atoms with Crippen molar-refractivity contribution < 1.29 is 24.2 Å². The van der Waals surface area contributed by atoms with Gasteiger partial charge in [0, 0.05) is 18.2 Å². The molecule has 0 spiro atoms. The third-order valence-electron chi connectivity index (χ3n) is 4.50. The lowest BCUT2D eigenvalue weighted by Gasteiger charge is -2.17. The molecule has 0 radical (unpaired) electrons. The van der Waals surface area contributed by atoms with Crippen LogP contribution in [0.25, 0.3) is 0 Å². The van der Waals surface area contributed by atoms with E-state index in [4.69, 9.17) is 9.84 Å². The van der Waals surface area contributed by atoms with Crippen LogP contribution in [-0.4, -0.2) is 29.6 Å². The van der Waals surface area contributed by atoms with Crippen molar-refractivity contribution in [1.82, 2.24) is 5.32 Å². The Morgan fingerprint density at radius 3 is 2.33 bits per heavy atom. The van der Waals surface area contributed by atoms with Crippen molar-refractivity contribution in [3.8, 4) is 5.75 Å². The molecule has 0 fully saturated rings. The molecule has 2 aromatic rings. The first kappa shape index (κ1) is 22.7. The van der Waals surface area contributed by atoms with Crippen LogP contribution in [0.3, 0.4) is 0 Å². The van der Waals surface area contributed by atoms with Crippen LogP contribution >= 0.6 is 0 Å². The summed E-state index contributed by atoms with van der Waals surface area (Å²) in [6.07, 6.45) is 1.35. The summed E-state index contributed by atoms with van der Waals surface area (Å²) in [7, 11) is 0. The van der Waals surface area contributed by atoms with Gasteiger partial charge in [-0.2, -0.15) is 0 Å². The molecule has 4 N–H and O–H groups in total. The summed E-state index contributed by atoms with van der Waals surface area (Å²) in [4.78, 5) is 35.5. The predicted molar refractivity (Wildman–Crippen MR) is 115 cm³/mol. The predicted octanol–water partition coefficient (Wildman–Crippen LogP) is 3.85. The van der Waals surface area contributed by atoms with E-state index in [0.717, 1.165) is 5.56 Å². The number of hydrogen-bond donors (Lipinski definition) is 4. The van der Waals surface area contributed by atoms with E-state index in [1.807, 2.05) is 44.2 Å². The molecular formula is C22H27N3O5. The lowest BCUT2D eigenvalue weighted by molar-refractivity contribution is -0.139. The summed E-state index contributed by atoms with van der Waals surface area (Å²) < 4.78 is 5.27. The van der Waals surface area contributed by atoms with Crippen LogP contribution in [0.5, 0.6) is 5.75 Å². The molecule has 2 rings (SSSR count). The maximum absolute atomic E-state index is 12.5. The summed E-state index contributed by atoms with van der Waals surface area (Å²) in [6.45, 7) is 3.66. The normalized spacial score (nSPS) is 10.4. The molecule has 0 aliphatic heterocycles. The number of carboxylic acid groups (broad SMARTS) is 1. The zero-order chi connectivity index (χ0) is 21.9. The number of urea groups is 1. The van der Waals surface area contributed by atoms with Crippen molar-refractivity contribution in [3.05, 3.63) is 54.1 Å². The Morgan fingerprint density at radius 1 is 1.00 bits per heavy atom. The van der Waals surface area contributed by atoms with Crippen LogP contribution < -0.4 is 20.7 Å². The number of nitrogens with one attached hydrogen (secondary N) is 3. The van der Waals surface area contributed by atoms with E-state index in [1.165, 1.54) is 6.07 Å². The Kier molecular flexibility index (Phi) is 8.68. The van der Waals surface area contributed by atoms with E-state index < -0.39 is 18.6 Å². The van der Waals surface area contributed by atoms with Gasteiger partial charge in [0.2, 0.25) is 5.91 Å². The molecule has 0 heterocycles. The fourth-order valence-corrected chi connectivity index (χ4v) is 2.82. The highest BCUT2D eigenvalue weighted by Gasteiger charge is 2.17. The van der Waals surface area contributed by atoms with Gasteiger partial charge < -0.3 is 25.8 Å². The Bertz CT molecular complexity index is 866. The van der Waals surface area contributed by atoms with E-state index in [2.05, 4.69) is 16.0 Å². The van der Waals surface area contributed by atoms with Crippen LogP contribution in [0.2, 0.25) is 0 Å². The lowest BCUT2D eigenvalue weighted by Crippen LogP contribution is -2.28. The average molecular weight is 413 g/mol. The van der Waals surface area contributed by atoms with Crippen molar-refractivity contribution >= 4 is 29.3 Å². The third-order valence-corrected chi connectivity index (χ3v) is 4.50. The van der Waals surface area contributed by atoms with Gasteiger partial charge in [-0.05, 0) is 36.6 Å². The monoisotopic (exact) mass is 413 g/mol. The molecule has 0 saturated heterocycles. The second-order valence-electron chi connectivity index (χ2n) is 6.69. The Balaban J connectivity index is 2.10. The maximum atomic E-state index is 12.5. The highest BCUT2D eigenvalue weighted by Crippen LogP contribution is 2.29. The lowest BCUT2D eigenvalue weighted by atomic mass is 10.0. The van der Waals surface area contributed by atoms with Crippen molar-refractivity contribution in [1.29, 1.82) is 0 Å². The van der Waals surface area contributed by atoms with Gasteiger partial charge in [-0.3, -0.25) is 4.79 Å². The first-order valence-corrected chi connectivity index (χ1v) is 9.81. The van der Waals surface area contributed by atoms with E-state index in [0.29, 0.717) is 30.8 Å². The largest absolute Gasteiger partial charge is 0.480 e. The fourth-order valence-electron chi connectivity index (χ4n) is 2.82. The summed E-state index contributed by atoms with van der Waals surface area (Å²) in [5.41, 5.74) is 1.69. The van der Waals surface area contributed by atoms with Gasteiger partial charge in [0.05, 0.1) is 5.69 Å². The maximum Gasteiger partial charge on any atom is 0.341 e. The van der Waals surface area contributed by atoms with Gasteiger partial charge in [0.1, 0.15) is 5.75 Å². The third kappa shape index (κ3) is 7.12. The first-order valence-electron chi connectivity index (χ1n) is 9.81. The van der Waals surface area contributed by atoms with Gasteiger partial charge in [0.15, 0.2) is 6.61 Å². The molecule has 0 bridgehead atoms. The molecule has 8 nitrogen and oxygen atoms in total.